The van der Waals surface area contributed by atoms with Crippen molar-refractivity contribution in [2.45, 2.75) is 13.8 Å². The first-order chi connectivity index (χ1) is 8.06. The van der Waals surface area contributed by atoms with E-state index in [9.17, 15) is 4.79 Å². The number of nitrogens with zero attached hydrogens (tertiary/aromatic N) is 2. The molecule has 0 saturated heterocycles. The standard InChI is InChI=1S/C13H15N3O/c1-9-13(8-16(3)15-9)14-12-6-4-11(5-7-12)10(2)17/h4-8,14H,1-3H3. The van der Waals surface area contributed by atoms with Crippen molar-refractivity contribution >= 4 is 17.2 Å². The third kappa shape index (κ3) is 2.53. The van der Waals surface area contributed by atoms with Crippen LogP contribution in [-0.4, -0.2) is 15.6 Å². The molecule has 0 saturated carbocycles. The number of carbonyl (C=O) groups is 1. The van der Waals surface area contributed by atoms with Crippen LogP contribution in [0.5, 0.6) is 0 Å². The second-order valence-corrected chi connectivity index (χ2v) is 4.06. The monoisotopic (exact) mass is 229 g/mol. The van der Waals surface area contributed by atoms with Gasteiger partial charge in [0.05, 0.1) is 11.4 Å². The number of ketones is 1. The lowest BCUT2D eigenvalue weighted by Gasteiger charge is -2.05. The molecule has 0 unspecified atom stereocenters. The minimum atomic E-state index is 0.0779. The van der Waals surface area contributed by atoms with Gasteiger partial charge in [0.2, 0.25) is 0 Å². The van der Waals surface area contributed by atoms with E-state index >= 15 is 0 Å². The fourth-order valence-corrected chi connectivity index (χ4v) is 1.67. The predicted octanol–water partition coefficient (Wildman–Crippen LogP) is 2.67. The Bertz CT molecular complexity index is 540. The second-order valence-electron chi connectivity index (χ2n) is 4.06. The van der Waals surface area contributed by atoms with Gasteiger partial charge in [-0.1, -0.05) is 0 Å². The van der Waals surface area contributed by atoms with E-state index in [1.165, 1.54) is 0 Å². The molecular weight excluding hydrogens is 214 g/mol. The molecule has 0 radical (unpaired) electrons. The van der Waals surface area contributed by atoms with Crippen molar-refractivity contribution in [3.63, 3.8) is 0 Å². The summed E-state index contributed by atoms with van der Waals surface area (Å²) >= 11 is 0. The van der Waals surface area contributed by atoms with Crippen molar-refractivity contribution in [2.24, 2.45) is 7.05 Å². The highest BCUT2D eigenvalue weighted by Gasteiger charge is 2.03. The summed E-state index contributed by atoms with van der Waals surface area (Å²) in [6.45, 7) is 3.51. The van der Waals surface area contributed by atoms with Crippen molar-refractivity contribution in [3.05, 3.63) is 41.7 Å². The van der Waals surface area contributed by atoms with Gasteiger partial charge in [0.25, 0.3) is 0 Å². The number of carbonyl (C=O) groups excluding carboxylic acids is 1. The first kappa shape index (κ1) is 11.4. The lowest BCUT2D eigenvalue weighted by atomic mass is 10.1. The van der Waals surface area contributed by atoms with Crippen molar-refractivity contribution in [2.75, 3.05) is 5.32 Å². The van der Waals surface area contributed by atoms with E-state index in [2.05, 4.69) is 10.4 Å². The Morgan fingerprint density at radius 2 is 1.94 bits per heavy atom. The molecular formula is C13H15N3O. The lowest BCUT2D eigenvalue weighted by Crippen LogP contribution is -1.94. The van der Waals surface area contributed by atoms with E-state index < -0.39 is 0 Å². The quantitative estimate of drug-likeness (QED) is 0.823. The van der Waals surface area contributed by atoms with Gasteiger partial charge in [-0.25, -0.2) is 0 Å². The smallest absolute Gasteiger partial charge is 0.159 e. The Morgan fingerprint density at radius 1 is 1.29 bits per heavy atom. The summed E-state index contributed by atoms with van der Waals surface area (Å²) in [5.74, 6) is 0.0779. The summed E-state index contributed by atoms with van der Waals surface area (Å²) in [6.07, 6.45) is 1.92. The highest BCUT2D eigenvalue weighted by molar-refractivity contribution is 5.94. The third-order valence-electron chi connectivity index (χ3n) is 2.58. The van der Waals surface area contributed by atoms with Gasteiger partial charge in [-0.2, -0.15) is 5.10 Å². The number of nitrogens with one attached hydrogen (secondary N) is 1. The zero-order chi connectivity index (χ0) is 12.4. The number of hydrogen-bond acceptors (Lipinski definition) is 3. The van der Waals surface area contributed by atoms with Gasteiger partial charge in [0.15, 0.2) is 5.78 Å². The van der Waals surface area contributed by atoms with Crippen LogP contribution >= 0.6 is 0 Å². The molecule has 0 spiro atoms. The minimum Gasteiger partial charge on any atom is -0.353 e. The highest BCUT2D eigenvalue weighted by atomic mass is 16.1. The summed E-state index contributed by atoms with van der Waals surface area (Å²) in [6, 6.07) is 7.42. The summed E-state index contributed by atoms with van der Waals surface area (Å²) in [7, 11) is 1.89. The van der Waals surface area contributed by atoms with E-state index in [-0.39, 0.29) is 5.78 Å². The van der Waals surface area contributed by atoms with E-state index in [1.54, 1.807) is 11.6 Å². The first-order valence-electron chi connectivity index (χ1n) is 5.44. The normalized spacial score (nSPS) is 10.3. The Labute approximate surface area is 100 Å². The number of rotatable bonds is 3. The molecule has 1 heterocycles. The lowest BCUT2D eigenvalue weighted by molar-refractivity contribution is 0.101. The molecule has 4 nitrogen and oxygen atoms in total. The molecule has 0 aliphatic heterocycles. The van der Waals surface area contributed by atoms with Gasteiger partial charge in [0.1, 0.15) is 0 Å². The summed E-state index contributed by atoms with van der Waals surface area (Å²) in [5, 5.41) is 7.52. The molecule has 2 aromatic rings. The molecule has 1 N–H and O–H groups in total. The molecule has 0 aliphatic carbocycles. The fraction of sp³-hybridized carbons (Fsp3) is 0.231. The van der Waals surface area contributed by atoms with E-state index in [1.807, 2.05) is 44.4 Å². The second kappa shape index (κ2) is 4.41. The number of aryl methyl sites for hydroxylation is 2. The summed E-state index contributed by atoms with van der Waals surface area (Å²) in [5.41, 5.74) is 3.59. The third-order valence-corrected chi connectivity index (χ3v) is 2.58. The molecule has 0 fully saturated rings. The average molecular weight is 229 g/mol. The Morgan fingerprint density at radius 3 is 2.41 bits per heavy atom. The molecule has 88 valence electrons. The predicted molar refractivity (Wildman–Crippen MR) is 67.7 cm³/mol. The zero-order valence-corrected chi connectivity index (χ0v) is 10.2. The number of aromatic nitrogens is 2. The van der Waals surface area contributed by atoms with Crippen LogP contribution in [0.25, 0.3) is 0 Å². The van der Waals surface area contributed by atoms with Gasteiger partial charge >= 0.3 is 0 Å². The number of Topliss-reactive ketones (excluding diaryl/α,β-unsaturated/α-hetero) is 1. The molecule has 17 heavy (non-hydrogen) atoms. The van der Waals surface area contributed by atoms with Gasteiger partial charge < -0.3 is 5.32 Å². The molecule has 0 bridgehead atoms. The van der Waals surface area contributed by atoms with Crippen molar-refractivity contribution < 1.29 is 4.79 Å². The SMILES string of the molecule is CC(=O)c1ccc(Nc2cn(C)nc2C)cc1. The Hall–Kier alpha value is -2.10. The fourth-order valence-electron chi connectivity index (χ4n) is 1.67. The van der Waals surface area contributed by atoms with E-state index in [0.717, 1.165) is 22.6 Å². The molecule has 1 aromatic heterocycles. The van der Waals surface area contributed by atoms with Crippen LogP contribution in [0, 0.1) is 6.92 Å². The maximum atomic E-state index is 11.1. The molecule has 2 rings (SSSR count). The van der Waals surface area contributed by atoms with E-state index in [4.69, 9.17) is 0 Å². The van der Waals surface area contributed by atoms with Gasteiger partial charge in [-0.15, -0.1) is 0 Å². The highest BCUT2D eigenvalue weighted by Crippen LogP contribution is 2.19. The molecule has 0 atom stereocenters. The molecule has 1 aromatic carbocycles. The van der Waals surface area contributed by atoms with Crippen LogP contribution in [-0.2, 0) is 7.05 Å². The van der Waals surface area contributed by atoms with Crippen LogP contribution in [0.3, 0.4) is 0 Å². The van der Waals surface area contributed by atoms with Gasteiger partial charge in [-0.3, -0.25) is 9.48 Å². The van der Waals surface area contributed by atoms with Crippen LogP contribution < -0.4 is 5.32 Å². The maximum absolute atomic E-state index is 11.1. The Kier molecular flexibility index (Phi) is 2.95. The van der Waals surface area contributed by atoms with Crippen molar-refractivity contribution in [1.29, 1.82) is 0 Å². The van der Waals surface area contributed by atoms with Gasteiger partial charge in [0, 0.05) is 24.5 Å². The number of benzene rings is 1. The van der Waals surface area contributed by atoms with Crippen molar-refractivity contribution in [1.82, 2.24) is 9.78 Å². The maximum Gasteiger partial charge on any atom is 0.159 e. The first-order valence-corrected chi connectivity index (χ1v) is 5.44. The zero-order valence-electron chi connectivity index (χ0n) is 10.2. The number of anilines is 2. The van der Waals surface area contributed by atoms with Crippen LogP contribution in [0.15, 0.2) is 30.5 Å². The van der Waals surface area contributed by atoms with Crippen LogP contribution in [0.4, 0.5) is 11.4 Å². The van der Waals surface area contributed by atoms with Crippen LogP contribution in [0.1, 0.15) is 23.0 Å². The molecule has 0 aliphatic rings. The van der Waals surface area contributed by atoms with E-state index in [0.29, 0.717) is 0 Å². The van der Waals surface area contributed by atoms with Crippen LogP contribution in [0.2, 0.25) is 0 Å². The largest absolute Gasteiger partial charge is 0.353 e. The minimum absolute atomic E-state index is 0.0779. The topological polar surface area (TPSA) is 46.9 Å². The number of hydrogen-bond donors (Lipinski definition) is 1. The molecule has 0 amide bonds. The van der Waals surface area contributed by atoms with Gasteiger partial charge in [-0.05, 0) is 38.1 Å². The Balaban J connectivity index is 2.19. The molecule has 4 heteroatoms. The average Bonchev–Trinajstić information content (AvgIpc) is 2.58. The summed E-state index contributed by atoms with van der Waals surface area (Å²) < 4.78 is 1.77. The summed E-state index contributed by atoms with van der Waals surface area (Å²) in [4.78, 5) is 11.1. The van der Waals surface area contributed by atoms with Crippen molar-refractivity contribution in [3.8, 4) is 0 Å².